The fraction of sp³-hybridized carbons (Fsp3) is 1.00. The number of hydrogen-bond donors (Lipinski definition) is 1. The van der Waals surface area contributed by atoms with Gasteiger partial charge in [-0.15, -0.1) is 0 Å². The molecule has 4 saturated heterocycles. The zero-order valence-corrected chi connectivity index (χ0v) is 13.4. The lowest BCUT2D eigenvalue weighted by Crippen LogP contribution is -2.23. The van der Waals surface area contributed by atoms with Gasteiger partial charge in [-0.3, -0.25) is 0 Å². The summed E-state index contributed by atoms with van der Waals surface area (Å²) in [5.41, 5.74) is 0. The zero-order valence-electron chi connectivity index (χ0n) is 11.8. The maximum absolute atomic E-state index is 9.28. The molecule has 4 fully saturated rings. The highest BCUT2D eigenvalue weighted by atomic mass is 32.2. The summed E-state index contributed by atoms with van der Waals surface area (Å²) in [6, 6.07) is 0. The molecular weight excluding hydrogens is 276 g/mol. The Hall–Kier alpha value is 0.620. The minimum atomic E-state index is 0.0312. The highest BCUT2D eigenvalue weighted by molar-refractivity contribution is 8.01. The quantitative estimate of drug-likeness (QED) is 0.803. The van der Waals surface area contributed by atoms with Gasteiger partial charge in [-0.2, -0.15) is 23.5 Å². The summed E-state index contributed by atoms with van der Waals surface area (Å²) in [6.07, 6.45) is 10.9. The van der Waals surface area contributed by atoms with Crippen molar-refractivity contribution in [2.24, 2.45) is 0 Å². The van der Waals surface area contributed by atoms with Crippen molar-refractivity contribution in [2.75, 3.05) is 7.11 Å². The second kappa shape index (κ2) is 6.59. The third kappa shape index (κ3) is 3.84. The van der Waals surface area contributed by atoms with E-state index in [9.17, 15) is 5.11 Å². The van der Waals surface area contributed by atoms with Crippen molar-refractivity contribution in [1.82, 2.24) is 0 Å². The molecule has 0 spiro atoms. The highest BCUT2D eigenvalue weighted by Gasteiger charge is 2.34. The first kappa shape index (κ1) is 14.6. The van der Waals surface area contributed by atoms with E-state index in [1.165, 1.54) is 38.5 Å². The van der Waals surface area contributed by atoms with Gasteiger partial charge in [0.25, 0.3) is 0 Å². The Balaban J connectivity index is 0.000000117. The van der Waals surface area contributed by atoms with Crippen molar-refractivity contribution in [3.8, 4) is 0 Å². The van der Waals surface area contributed by atoms with Crippen LogP contribution in [0.2, 0.25) is 0 Å². The Morgan fingerprint density at radius 3 is 1.63 bits per heavy atom. The predicted molar refractivity (Wildman–Crippen MR) is 84.1 cm³/mol. The first-order valence-corrected chi connectivity index (χ1v) is 9.63. The third-order valence-electron chi connectivity index (χ3n) is 4.85. The molecular formula is C15H26O2S2. The predicted octanol–water partition coefficient (Wildman–Crippen LogP) is 3.46. The van der Waals surface area contributed by atoms with Gasteiger partial charge in [-0.05, 0) is 51.4 Å². The monoisotopic (exact) mass is 302 g/mol. The topological polar surface area (TPSA) is 29.5 Å². The molecule has 19 heavy (non-hydrogen) atoms. The highest BCUT2D eigenvalue weighted by Crippen LogP contribution is 2.44. The molecule has 0 amide bonds. The lowest BCUT2D eigenvalue weighted by Gasteiger charge is -2.25. The first-order valence-electron chi connectivity index (χ1n) is 7.74. The van der Waals surface area contributed by atoms with Crippen LogP contribution in [0, 0.1) is 0 Å². The van der Waals surface area contributed by atoms with E-state index in [0.717, 1.165) is 33.8 Å². The van der Waals surface area contributed by atoms with Crippen LogP contribution in [0.15, 0.2) is 0 Å². The Morgan fingerprint density at radius 2 is 1.21 bits per heavy atom. The van der Waals surface area contributed by atoms with Crippen LogP contribution in [0.5, 0.6) is 0 Å². The third-order valence-corrected chi connectivity index (χ3v) is 8.10. The minimum Gasteiger partial charge on any atom is -0.393 e. The van der Waals surface area contributed by atoms with E-state index < -0.39 is 0 Å². The summed E-state index contributed by atoms with van der Waals surface area (Å²) in [5.74, 6) is 0. The van der Waals surface area contributed by atoms with Gasteiger partial charge in [0.1, 0.15) is 0 Å². The van der Waals surface area contributed by atoms with Crippen LogP contribution in [0.1, 0.15) is 51.4 Å². The van der Waals surface area contributed by atoms with Gasteiger partial charge in [-0.25, -0.2) is 0 Å². The molecule has 0 aromatic rings. The molecule has 0 radical (unpaired) electrons. The molecule has 0 aromatic heterocycles. The molecule has 4 bridgehead atoms. The van der Waals surface area contributed by atoms with Gasteiger partial charge in [0, 0.05) is 28.1 Å². The van der Waals surface area contributed by atoms with Gasteiger partial charge < -0.3 is 9.84 Å². The van der Waals surface area contributed by atoms with Gasteiger partial charge in [0.05, 0.1) is 12.2 Å². The summed E-state index contributed by atoms with van der Waals surface area (Å²) in [7, 11) is 1.85. The van der Waals surface area contributed by atoms with E-state index in [1.54, 1.807) is 0 Å². The molecule has 0 saturated carbocycles. The number of hydrogen-bond acceptors (Lipinski definition) is 4. The van der Waals surface area contributed by atoms with Gasteiger partial charge in [0.2, 0.25) is 0 Å². The molecule has 4 heteroatoms. The van der Waals surface area contributed by atoms with E-state index >= 15 is 0 Å². The van der Waals surface area contributed by atoms with E-state index in [0.29, 0.717) is 6.10 Å². The second-order valence-electron chi connectivity index (χ2n) is 6.37. The van der Waals surface area contributed by atoms with Gasteiger partial charge in [0.15, 0.2) is 0 Å². The molecule has 110 valence electrons. The smallest absolute Gasteiger partial charge is 0.0592 e. The molecule has 4 heterocycles. The second-order valence-corrected chi connectivity index (χ2v) is 9.58. The number of ether oxygens (including phenoxy) is 1. The molecule has 4 atom stereocenters. The maximum Gasteiger partial charge on any atom is 0.0592 e. The number of methoxy groups -OCH3 is 1. The molecule has 4 rings (SSSR count). The number of aliphatic hydroxyl groups excluding tert-OH is 1. The fourth-order valence-electron chi connectivity index (χ4n) is 3.83. The summed E-state index contributed by atoms with van der Waals surface area (Å²) < 4.78 is 5.36. The first-order chi connectivity index (χ1) is 9.22. The Kier molecular flexibility index (Phi) is 5.05. The molecule has 4 unspecified atom stereocenters. The number of fused-ring (bicyclic) bond motifs is 4. The van der Waals surface area contributed by atoms with E-state index in [-0.39, 0.29) is 6.10 Å². The minimum absolute atomic E-state index is 0.0312. The van der Waals surface area contributed by atoms with E-state index in [4.69, 9.17) is 4.74 Å². The largest absolute Gasteiger partial charge is 0.393 e. The average Bonchev–Trinajstić information content (AvgIpc) is 2.92. The maximum atomic E-state index is 9.28. The molecule has 1 N–H and O–H groups in total. The van der Waals surface area contributed by atoms with Gasteiger partial charge >= 0.3 is 0 Å². The molecule has 0 aliphatic carbocycles. The SMILES string of the molecule is COC1CC2CCC(C1)S2.OC1CC2CCC(C1)S2. The lowest BCUT2D eigenvalue weighted by atomic mass is 10.1. The van der Waals surface area contributed by atoms with E-state index in [1.807, 2.05) is 7.11 Å². The molecule has 2 nitrogen and oxygen atoms in total. The van der Waals surface area contributed by atoms with Crippen molar-refractivity contribution in [2.45, 2.75) is 84.6 Å². The lowest BCUT2D eigenvalue weighted by molar-refractivity contribution is 0.0891. The summed E-state index contributed by atoms with van der Waals surface area (Å²) in [5, 5.41) is 12.8. The van der Waals surface area contributed by atoms with E-state index in [2.05, 4.69) is 23.5 Å². The van der Waals surface area contributed by atoms with Crippen LogP contribution in [0.3, 0.4) is 0 Å². The van der Waals surface area contributed by atoms with Crippen molar-refractivity contribution in [3.63, 3.8) is 0 Å². The van der Waals surface area contributed by atoms with Crippen molar-refractivity contribution in [3.05, 3.63) is 0 Å². The normalized spacial score (nSPS) is 47.7. The van der Waals surface area contributed by atoms with Crippen LogP contribution in [-0.4, -0.2) is 45.4 Å². The Morgan fingerprint density at radius 1 is 0.789 bits per heavy atom. The van der Waals surface area contributed by atoms with Gasteiger partial charge in [-0.1, -0.05) is 0 Å². The standard InChI is InChI=1S/C8H14OS.C7H12OS/c1-9-6-4-7-2-3-8(5-6)10-7;8-5-3-6-1-2-7(4-5)9-6/h6-8H,2-5H2,1H3;5-8H,1-4H2. The summed E-state index contributed by atoms with van der Waals surface area (Å²) >= 11 is 4.29. The molecule has 4 aliphatic rings. The van der Waals surface area contributed by atoms with Crippen LogP contribution in [-0.2, 0) is 4.74 Å². The number of rotatable bonds is 1. The van der Waals surface area contributed by atoms with Crippen molar-refractivity contribution >= 4 is 23.5 Å². The van der Waals surface area contributed by atoms with Crippen LogP contribution < -0.4 is 0 Å². The molecule has 4 aliphatic heterocycles. The van der Waals surface area contributed by atoms with Crippen molar-refractivity contribution in [1.29, 1.82) is 0 Å². The Bertz CT molecular complexity index is 276. The molecule has 0 aromatic carbocycles. The summed E-state index contributed by atoms with van der Waals surface area (Å²) in [4.78, 5) is 0. The van der Waals surface area contributed by atoms with Crippen molar-refractivity contribution < 1.29 is 9.84 Å². The zero-order chi connectivity index (χ0) is 13.2. The Labute approximate surface area is 125 Å². The number of aliphatic hydroxyl groups is 1. The van der Waals surface area contributed by atoms with Crippen LogP contribution in [0.4, 0.5) is 0 Å². The summed E-state index contributed by atoms with van der Waals surface area (Å²) in [6.45, 7) is 0. The number of thioether (sulfide) groups is 2. The van der Waals surface area contributed by atoms with Crippen LogP contribution >= 0.6 is 23.5 Å². The fourth-order valence-corrected chi connectivity index (χ4v) is 7.33. The van der Waals surface area contributed by atoms with Crippen LogP contribution in [0.25, 0.3) is 0 Å². The average molecular weight is 303 g/mol.